The molecule has 1 fully saturated rings. The molecule has 1 N–H and O–H groups in total. The monoisotopic (exact) mass is 237 g/mol. The molecule has 2 rings (SSSR count). The number of imidazole rings is 1. The summed E-state index contributed by atoms with van der Waals surface area (Å²) in [5, 5.41) is 3.46. The van der Waals surface area contributed by atoms with Gasteiger partial charge in [0.25, 0.3) is 0 Å². The quantitative estimate of drug-likeness (QED) is 0.667. The van der Waals surface area contributed by atoms with Crippen LogP contribution in [-0.4, -0.2) is 28.8 Å². The van der Waals surface area contributed by atoms with Crippen molar-refractivity contribution in [2.24, 2.45) is 0 Å². The maximum atomic E-state index is 5.53. The number of ether oxygens (including phenoxy) is 1. The first-order valence-corrected chi connectivity index (χ1v) is 6.70. The summed E-state index contributed by atoms with van der Waals surface area (Å²) < 4.78 is 7.64. The van der Waals surface area contributed by atoms with Crippen molar-refractivity contribution in [1.82, 2.24) is 14.9 Å². The molecule has 1 aromatic heterocycles. The van der Waals surface area contributed by atoms with E-state index < -0.39 is 0 Å². The SMILES string of the molecule is CCCCOCCn1cnc(CNC2CC2)c1. The molecule has 4 heteroatoms. The van der Waals surface area contributed by atoms with Gasteiger partial charge in [0.2, 0.25) is 0 Å². The Morgan fingerprint density at radius 1 is 1.47 bits per heavy atom. The lowest BCUT2D eigenvalue weighted by molar-refractivity contribution is 0.123. The predicted molar refractivity (Wildman–Crippen MR) is 67.8 cm³/mol. The van der Waals surface area contributed by atoms with Crippen LogP contribution in [0.25, 0.3) is 0 Å². The van der Waals surface area contributed by atoms with Crippen molar-refractivity contribution in [3.63, 3.8) is 0 Å². The lowest BCUT2D eigenvalue weighted by Gasteiger charge is -2.03. The van der Waals surface area contributed by atoms with E-state index in [0.29, 0.717) is 0 Å². The van der Waals surface area contributed by atoms with Gasteiger partial charge in [0.05, 0.1) is 18.6 Å². The van der Waals surface area contributed by atoms with Gasteiger partial charge >= 0.3 is 0 Å². The molecule has 1 aliphatic carbocycles. The Labute approximate surface area is 103 Å². The van der Waals surface area contributed by atoms with Crippen molar-refractivity contribution in [2.45, 2.75) is 51.7 Å². The molecule has 1 aliphatic rings. The highest BCUT2D eigenvalue weighted by atomic mass is 16.5. The van der Waals surface area contributed by atoms with Gasteiger partial charge in [0.15, 0.2) is 0 Å². The van der Waals surface area contributed by atoms with Crippen molar-refractivity contribution >= 4 is 0 Å². The maximum absolute atomic E-state index is 5.53. The molecule has 0 aromatic carbocycles. The Hall–Kier alpha value is -0.870. The zero-order valence-electron chi connectivity index (χ0n) is 10.7. The van der Waals surface area contributed by atoms with Crippen molar-refractivity contribution < 1.29 is 4.74 Å². The minimum Gasteiger partial charge on any atom is -0.380 e. The van der Waals surface area contributed by atoms with E-state index >= 15 is 0 Å². The van der Waals surface area contributed by atoms with Gasteiger partial charge in [-0.2, -0.15) is 0 Å². The van der Waals surface area contributed by atoms with E-state index in [1.807, 2.05) is 6.33 Å². The van der Waals surface area contributed by atoms with E-state index in [1.54, 1.807) is 0 Å². The third-order valence-electron chi connectivity index (χ3n) is 2.97. The Kier molecular flexibility index (Phi) is 5.01. The zero-order valence-corrected chi connectivity index (χ0v) is 10.7. The van der Waals surface area contributed by atoms with Gasteiger partial charge in [-0.1, -0.05) is 13.3 Å². The van der Waals surface area contributed by atoms with Gasteiger partial charge in [-0.15, -0.1) is 0 Å². The van der Waals surface area contributed by atoms with Crippen molar-refractivity contribution in [3.05, 3.63) is 18.2 Å². The van der Waals surface area contributed by atoms with Crippen molar-refractivity contribution in [2.75, 3.05) is 13.2 Å². The van der Waals surface area contributed by atoms with Crippen molar-refractivity contribution in [3.8, 4) is 0 Å². The van der Waals surface area contributed by atoms with E-state index in [1.165, 1.54) is 19.3 Å². The number of hydrogen-bond acceptors (Lipinski definition) is 3. The van der Waals surface area contributed by atoms with E-state index in [9.17, 15) is 0 Å². The van der Waals surface area contributed by atoms with E-state index in [2.05, 4.69) is 28.0 Å². The van der Waals surface area contributed by atoms with Crippen molar-refractivity contribution in [1.29, 1.82) is 0 Å². The summed E-state index contributed by atoms with van der Waals surface area (Å²) in [6, 6.07) is 0.748. The number of nitrogens with zero attached hydrogens (tertiary/aromatic N) is 2. The molecule has 1 saturated carbocycles. The molecule has 1 aromatic rings. The molecule has 0 spiro atoms. The Bertz CT molecular complexity index is 320. The maximum Gasteiger partial charge on any atom is 0.0950 e. The standard InChI is InChI=1S/C13H23N3O/c1-2-3-7-17-8-6-16-10-13(15-11-16)9-14-12-4-5-12/h10-12,14H,2-9H2,1H3. The molecule has 17 heavy (non-hydrogen) atoms. The first kappa shape index (κ1) is 12.6. The third kappa shape index (κ3) is 4.88. The fourth-order valence-corrected chi connectivity index (χ4v) is 1.67. The molecule has 0 saturated heterocycles. The number of nitrogens with one attached hydrogen (secondary N) is 1. The van der Waals surface area contributed by atoms with Gasteiger partial charge in [0.1, 0.15) is 0 Å². The van der Waals surface area contributed by atoms with Gasteiger partial charge in [0, 0.05) is 31.9 Å². The fraction of sp³-hybridized carbons (Fsp3) is 0.769. The largest absolute Gasteiger partial charge is 0.380 e. The number of rotatable bonds is 9. The lowest BCUT2D eigenvalue weighted by atomic mass is 10.4. The molecule has 0 unspecified atom stereocenters. The molecule has 4 nitrogen and oxygen atoms in total. The lowest BCUT2D eigenvalue weighted by Crippen LogP contribution is -2.15. The summed E-state index contributed by atoms with van der Waals surface area (Å²) in [5.41, 5.74) is 1.13. The molecule has 0 bridgehead atoms. The summed E-state index contributed by atoms with van der Waals surface area (Å²) in [6.07, 6.45) is 9.01. The van der Waals surface area contributed by atoms with Crippen LogP contribution in [0.15, 0.2) is 12.5 Å². The number of unbranched alkanes of at least 4 members (excludes halogenated alkanes) is 1. The van der Waals surface area contributed by atoms with Crippen LogP contribution in [0, 0.1) is 0 Å². The van der Waals surface area contributed by atoms with Gasteiger partial charge in [-0.05, 0) is 19.3 Å². The van der Waals surface area contributed by atoms with Gasteiger partial charge in [-0.3, -0.25) is 0 Å². The predicted octanol–water partition coefficient (Wildman–Crippen LogP) is 1.95. The Morgan fingerprint density at radius 2 is 2.35 bits per heavy atom. The van der Waals surface area contributed by atoms with Crippen LogP contribution in [-0.2, 0) is 17.8 Å². The van der Waals surface area contributed by atoms with E-state index in [4.69, 9.17) is 4.74 Å². The molecule has 0 radical (unpaired) electrons. The third-order valence-corrected chi connectivity index (χ3v) is 2.97. The zero-order chi connectivity index (χ0) is 11.9. The van der Waals surface area contributed by atoms with Gasteiger partial charge < -0.3 is 14.6 Å². The van der Waals surface area contributed by atoms with Gasteiger partial charge in [-0.25, -0.2) is 4.98 Å². The minimum absolute atomic E-state index is 0.748. The summed E-state index contributed by atoms with van der Waals surface area (Å²) in [5.74, 6) is 0. The van der Waals surface area contributed by atoms with Crippen LogP contribution in [0.3, 0.4) is 0 Å². The number of hydrogen-bond donors (Lipinski definition) is 1. The summed E-state index contributed by atoms with van der Waals surface area (Å²) in [4.78, 5) is 4.38. The van der Waals surface area contributed by atoms with Crippen LogP contribution in [0.2, 0.25) is 0 Å². The smallest absolute Gasteiger partial charge is 0.0950 e. The highest BCUT2D eigenvalue weighted by Crippen LogP contribution is 2.18. The van der Waals surface area contributed by atoms with E-state index in [0.717, 1.165) is 44.5 Å². The number of aromatic nitrogens is 2. The summed E-state index contributed by atoms with van der Waals surface area (Å²) in [6.45, 7) is 5.64. The first-order chi connectivity index (χ1) is 8.38. The van der Waals surface area contributed by atoms with Crippen LogP contribution in [0.1, 0.15) is 38.3 Å². The summed E-state index contributed by atoms with van der Waals surface area (Å²) in [7, 11) is 0. The van der Waals surface area contributed by atoms with Crippen LogP contribution in [0.5, 0.6) is 0 Å². The van der Waals surface area contributed by atoms with Crippen LogP contribution >= 0.6 is 0 Å². The average Bonchev–Trinajstić information content (AvgIpc) is 3.06. The molecule has 0 amide bonds. The molecule has 96 valence electrons. The van der Waals surface area contributed by atoms with Crippen LogP contribution < -0.4 is 5.32 Å². The second kappa shape index (κ2) is 6.77. The first-order valence-electron chi connectivity index (χ1n) is 6.70. The van der Waals surface area contributed by atoms with Crippen LogP contribution in [0.4, 0.5) is 0 Å². The Morgan fingerprint density at radius 3 is 3.12 bits per heavy atom. The molecule has 1 heterocycles. The fourth-order valence-electron chi connectivity index (χ4n) is 1.67. The molecule has 0 atom stereocenters. The highest BCUT2D eigenvalue weighted by Gasteiger charge is 2.20. The molecular formula is C13H23N3O. The molecular weight excluding hydrogens is 214 g/mol. The summed E-state index contributed by atoms with van der Waals surface area (Å²) >= 11 is 0. The Balaban J connectivity index is 1.59. The normalized spacial score (nSPS) is 15.4. The molecule has 0 aliphatic heterocycles. The average molecular weight is 237 g/mol. The topological polar surface area (TPSA) is 39.1 Å². The van der Waals surface area contributed by atoms with E-state index in [-0.39, 0.29) is 0 Å². The minimum atomic E-state index is 0.748. The second-order valence-corrected chi connectivity index (χ2v) is 4.72. The highest BCUT2D eigenvalue weighted by molar-refractivity contribution is 4.97. The second-order valence-electron chi connectivity index (χ2n) is 4.72.